The highest BCUT2D eigenvalue weighted by Crippen LogP contribution is 2.22. The Morgan fingerprint density at radius 1 is 1.33 bits per heavy atom. The number of carbonyl (C=O) groups excluding carboxylic acids is 1. The molecule has 0 aromatic heterocycles. The minimum absolute atomic E-state index is 0.0454. The number of benzene rings is 1. The number of piperidine rings is 1. The van der Waals surface area contributed by atoms with Crippen molar-refractivity contribution in [3.05, 3.63) is 35.6 Å². The molecule has 0 atom stereocenters. The van der Waals surface area contributed by atoms with Crippen LogP contribution in [0.5, 0.6) is 0 Å². The maximum Gasteiger partial charge on any atom is 0.168 e. The summed E-state index contributed by atoms with van der Waals surface area (Å²) >= 11 is 0. The first kappa shape index (κ1) is 13.2. The number of hydrogen-bond donors (Lipinski definition) is 1. The number of hydrogen-bond acceptors (Lipinski definition) is 3. The molecular weight excluding hydrogens is 231 g/mol. The van der Waals surface area contributed by atoms with E-state index in [4.69, 9.17) is 5.73 Å². The number of nitrogens with two attached hydrogens (primary N) is 1. The third kappa shape index (κ3) is 2.94. The number of halogens is 1. The smallest absolute Gasteiger partial charge is 0.168 e. The molecule has 0 aliphatic carbocycles. The Morgan fingerprint density at radius 3 is 2.61 bits per heavy atom. The molecule has 0 bridgehead atoms. The topological polar surface area (TPSA) is 46.3 Å². The molecule has 4 heteroatoms. The van der Waals surface area contributed by atoms with Crippen LogP contribution >= 0.6 is 0 Å². The van der Waals surface area contributed by atoms with Crippen LogP contribution in [-0.4, -0.2) is 36.9 Å². The Kier molecular flexibility index (Phi) is 4.44. The number of carbonyl (C=O) groups is 1. The summed E-state index contributed by atoms with van der Waals surface area (Å²) < 4.78 is 13.5. The molecule has 1 aliphatic heterocycles. The SMILES string of the molecule is NCCN1CCC(C(=O)c2ccccc2F)CC1. The molecule has 1 fully saturated rings. The second kappa shape index (κ2) is 6.07. The predicted molar refractivity (Wildman–Crippen MR) is 68.9 cm³/mol. The third-order valence-electron chi connectivity index (χ3n) is 3.54. The summed E-state index contributed by atoms with van der Waals surface area (Å²) in [6, 6.07) is 6.23. The summed E-state index contributed by atoms with van der Waals surface area (Å²) in [5.74, 6) is -0.511. The van der Waals surface area contributed by atoms with E-state index in [1.807, 2.05) is 0 Å². The minimum atomic E-state index is -0.410. The maximum atomic E-state index is 13.5. The monoisotopic (exact) mass is 250 g/mol. The first-order chi connectivity index (χ1) is 8.72. The highest BCUT2D eigenvalue weighted by Gasteiger charge is 2.26. The lowest BCUT2D eigenvalue weighted by Gasteiger charge is -2.30. The number of likely N-dealkylation sites (tertiary alicyclic amines) is 1. The van der Waals surface area contributed by atoms with Crippen molar-refractivity contribution < 1.29 is 9.18 Å². The second-order valence-electron chi connectivity index (χ2n) is 4.75. The molecule has 1 saturated heterocycles. The van der Waals surface area contributed by atoms with Gasteiger partial charge in [-0.2, -0.15) is 0 Å². The van der Waals surface area contributed by atoms with Gasteiger partial charge in [0.1, 0.15) is 5.82 Å². The molecule has 0 unspecified atom stereocenters. The zero-order chi connectivity index (χ0) is 13.0. The van der Waals surface area contributed by atoms with Gasteiger partial charge < -0.3 is 10.6 Å². The van der Waals surface area contributed by atoms with Gasteiger partial charge in [-0.25, -0.2) is 4.39 Å². The minimum Gasteiger partial charge on any atom is -0.329 e. The van der Waals surface area contributed by atoms with Crippen molar-refractivity contribution in [2.75, 3.05) is 26.2 Å². The predicted octanol–water partition coefficient (Wildman–Crippen LogP) is 1.68. The molecule has 0 radical (unpaired) electrons. The van der Waals surface area contributed by atoms with Crippen LogP contribution in [0.4, 0.5) is 4.39 Å². The van der Waals surface area contributed by atoms with Crippen LogP contribution in [-0.2, 0) is 0 Å². The van der Waals surface area contributed by atoms with Crippen molar-refractivity contribution in [1.29, 1.82) is 0 Å². The van der Waals surface area contributed by atoms with Crippen LogP contribution in [0.1, 0.15) is 23.2 Å². The van der Waals surface area contributed by atoms with Crippen molar-refractivity contribution in [3.63, 3.8) is 0 Å². The lowest BCUT2D eigenvalue weighted by Crippen LogP contribution is -2.39. The summed E-state index contributed by atoms with van der Waals surface area (Å²) in [6.45, 7) is 3.27. The molecule has 2 rings (SSSR count). The first-order valence-electron chi connectivity index (χ1n) is 6.43. The van der Waals surface area contributed by atoms with Crippen LogP contribution in [0.3, 0.4) is 0 Å². The van der Waals surface area contributed by atoms with Crippen LogP contribution in [0.2, 0.25) is 0 Å². The van der Waals surface area contributed by atoms with E-state index in [2.05, 4.69) is 4.90 Å². The summed E-state index contributed by atoms with van der Waals surface area (Å²) in [4.78, 5) is 14.5. The van der Waals surface area contributed by atoms with Crippen LogP contribution in [0.15, 0.2) is 24.3 Å². The number of nitrogens with zero attached hydrogens (tertiary/aromatic N) is 1. The molecule has 1 aromatic carbocycles. The molecule has 1 aromatic rings. The fourth-order valence-corrected chi connectivity index (χ4v) is 2.48. The number of rotatable bonds is 4. The summed E-state index contributed by atoms with van der Waals surface area (Å²) in [7, 11) is 0. The Labute approximate surface area is 107 Å². The zero-order valence-corrected chi connectivity index (χ0v) is 10.4. The first-order valence-corrected chi connectivity index (χ1v) is 6.43. The fraction of sp³-hybridized carbons (Fsp3) is 0.500. The Hall–Kier alpha value is -1.26. The normalized spacial score (nSPS) is 17.9. The standard InChI is InChI=1S/C14H19FN2O/c15-13-4-2-1-3-12(13)14(18)11-5-8-17(9-6-11)10-7-16/h1-4,11H,5-10,16H2. The van der Waals surface area contributed by atoms with Gasteiger partial charge in [-0.15, -0.1) is 0 Å². The van der Waals surface area contributed by atoms with Crippen molar-refractivity contribution in [3.8, 4) is 0 Å². The fourth-order valence-electron chi connectivity index (χ4n) is 2.48. The summed E-state index contributed by atoms with van der Waals surface area (Å²) in [5.41, 5.74) is 5.74. The van der Waals surface area contributed by atoms with Gasteiger partial charge in [-0.05, 0) is 38.1 Å². The van der Waals surface area contributed by atoms with Gasteiger partial charge in [0.25, 0.3) is 0 Å². The second-order valence-corrected chi connectivity index (χ2v) is 4.75. The molecule has 0 spiro atoms. The number of Topliss-reactive ketones (excluding diaryl/α,β-unsaturated/α-hetero) is 1. The van der Waals surface area contributed by atoms with E-state index in [0.29, 0.717) is 6.54 Å². The largest absolute Gasteiger partial charge is 0.329 e. The molecule has 2 N–H and O–H groups in total. The van der Waals surface area contributed by atoms with Crippen LogP contribution in [0.25, 0.3) is 0 Å². The van der Waals surface area contributed by atoms with Gasteiger partial charge in [0.2, 0.25) is 0 Å². The molecule has 1 heterocycles. The third-order valence-corrected chi connectivity index (χ3v) is 3.54. The van der Waals surface area contributed by atoms with E-state index in [9.17, 15) is 9.18 Å². The van der Waals surface area contributed by atoms with Crippen LogP contribution < -0.4 is 5.73 Å². The van der Waals surface area contributed by atoms with Gasteiger partial charge in [0, 0.05) is 19.0 Å². The molecule has 0 amide bonds. The number of ketones is 1. The van der Waals surface area contributed by atoms with E-state index in [1.165, 1.54) is 6.07 Å². The van der Waals surface area contributed by atoms with Crippen molar-refractivity contribution >= 4 is 5.78 Å². The van der Waals surface area contributed by atoms with E-state index in [1.54, 1.807) is 18.2 Å². The maximum absolute atomic E-state index is 13.5. The lowest BCUT2D eigenvalue weighted by molar-refractivity contribution is 0.0838. The molecule has 1 aliphatic rings. The Bertz CT molecular complexity index is 414. The van der Waals surface area contributed by atoms with Crippen molar-refractivity contribution in [2.45, 2.75) is 12.8 Å². The summed E-state index contributed by atoms with van der Waals surface area (Å²) in [6.07, 6.45) is 1.60. The summed E-state index contributed by atoms with van der Waals surface area (Å²) in [5, 5.41) is 0. The Balaban J connectivity index is 1.98. The van der Waals surface area contributed by atoms with Crippen molar-refractivity contribution in [2.24, 2.45) is 11.7 Å². The van der Waals surface area contributed by atoms with E-state index < -0.39 is 5.82 Å². The molecule has 3 nitrogen and oxygen atoms in total. The van der Waals surface area contributed by atoms with Gasteiger partial charge in [0.05, 0.1) is 5.56 Å². The average molecular weight is 250 g/mol. The molecule has 98 valence electrons. The van der Waals surface area contributed by atoms with E-state index in [0.717, 1.165) is 32.5 Å². The lowest BCUT2D eigenvalue weighted by atomic mass is 9.88. The zero-order valence-electron chi connectivity index (χ0n) is 10.4. The molecule has 0 saturated carbocycles. The molecular formula is C14H19FN2O. The van der Waals surface area contributed by atoms with Gasteiger partial charge in [-0.3, -0.25) is 4.79 Å². The van der Waals surface area contributed by atoms with Gasteiger partial charge in [0.15, 0.2) is 5.78 Å². The molecule has 18 heavy (non-hydrogen) atoms. The van der Waals surface area contributed by atoms with Gasteiger partial charge >= 0.3 is 0 Å². The highest BCUT2D eigenvalue weighted by molar-refractivity contribution is 5.98. The van der Waals surface area contributed by atoms with Crippen molar-refractivity contribution in [1.82, 2.24) is 4.90 Å². The quantitative estimate of drug-likeness (QED) is 0.827. The Morgan fingerprint density at radius 2 is 2.00 bits per heavy atom. The highest BCUT2D eigenvalue weighted by atomic mass is 19.1. The van der Waals surface area contributed by atoms with E-state index >= 15 is 0 Å². The average Bonchev–Trinajstić information content (AvgIpc) is 2.40. The van der Waals surface area contributed by atoms with E-state index in [-0.39, 0.29) is 17.3 Å². The van der Waals surface area contributed by atoms with Crippen LogP contribution in [0, 0.1) is 11.7 Å². The van der Waals surface area contributed by atoms with Gasteiger partial charge in [-0.1, -0.05) is 12.1 Å².